The van der Waals surface area contributed by atoms with Crippen LogP contribution in [0.5, 0.6) is 0 Å². The van der Waals surface area contributed by atoms with Gasteiger partial charge in [0.1, 0.15) is 0 Å². The van der Waals surface area contributed by atoms with Crippen molar-refractivity contribution in [3.05, 3.63) is 35.4 Å². The number of carbonyl (C=O) groups is 2. The summed E-state index contributed by atoms with van der Waals surface area (Å²) in [7, 11) is 0. The summed E-state index contributed by atoms with van der Waals surface area (Å²) in [6.07, 6.45) is 3.26. The largest absolute Gasteiger partial charge is 0.328 e. The van der Waals surface area contributed by atoms with Crippen molar-refractivity contribution in [2.24, 2.45) is 0 Å². The number of amides is 1. The van der Waals surface area contributed by atoms with E-state index in [9.17, 15) is 9.59 Å². The number of likely N-dealkylation sites (tertiary alicyclic amines) is 1. The molecule has 0 N–H and O–H groups in total. The number of ketones is 1. The maximum atomic E-state index is 11.8. The van der Waals surface area contributed by atoms with Gasteiger partial charge in [-0.2, -0.15) is 0 Å². The molecule has 1 saturated heterocycles. The Morgan fingerprint density at radius 1 is 1.18 bits per heavy atom. The van der Waals surface area contributed by atoms with E-state index in [1.54, 1.807) is 4.90 Å². The van der Waals surface area contributed by atoms with Gasteiger partial charge in [-0.3, -0.25) is 9.59 Å². The van der Waals surface area contributed by atoms with Crippen LogP contribution in [0.2, 0.25) is 0 Å². The van der Waals surface area contributed by atoms with Crippen LogP contribution >= 0.6 is 0 Å². The van der Waals surface area contributed by atoms with Crippen molar-refractivity contribution >= 4 is 11.7 Å². The Morgan fingerprint density at radius 3 is 2.76 bits per heavy atom. The van der Waals surface area contributed by atoms with E-state index in [-0.39, 0.29) is 24.2 Å². The second kappa shape index (κ2) is 3.99. The Morgan fingerprint density at radius 2 is 2.00 bits per heavy atom. The number of fused-ring (bicyclic) bond motifs is 1. The Balaban J connectivity index is 1.95. The van der Waals surface area contributed by atoms with Crippen LogP contribution in [0.25, 0.3) is 0 Å². The molecule has 0 spiro atoms. The monoisotopic (exact) mass is 229 g/mol. The highest BCUT2D eigenvalue weighted by molar-refractivity contribution is 6.05. The summed E-state index contributed by atoms with van der Waals surface area (Å²) in [6, 6.07) is 8.40. The summed E-state index contributed by atoms with van der Waals surface area (Å²) in [5, 5.41) is 0. The summed E-state index contributed by atoms with van der Waals surface area (Å²) < 4.78 is 0. The minimum Gasteiger partial charge on any atom is -0.328 e. The number of benzene rings is 1. The molecule has 1 atom stereocenters. The minimum absolute atomic E-state index is 0.00305. The van der Waals surface area contributed by atoms with Crippen LogP contribution in [-0.4, -0.2) is 23.1 Å². The molecule has 1 aromatic rings. The smallest absolute Gasteiger partial charge is 0.231 e. The quantitative estimate of drug-likeness (QED) is 0.689. The zero-order valence-electron chi connectivity index (χ0n) is 9.69. The van der Waals surface area contributed by atoms with E-state index < -0.39 is 0 Å². The molecule has 1 aliphatic heterocycles. The van der Waals surface area contributed by atoms with Crippen molar-refractivity contribution in [2.45, 2.75) is 31.7 Å². The molecule has 0 aromatic heterocycles. The van der Waals surface area contributed by atoms with Crippen molar-refractivity contribution in [2.75, 3.05) is 6.54 Å². The van der Waals surface area contributed by atoms with Crippen LogP contribution in [0, 0.1) is 0 Å². The highest BCUT2D eigenvalue weighted by Crippen LogP contribution is 2.35. The first kappa shape index (κ1) is 10.5. The second-order valence-corrected chi connectivity index (χ2v) is 4.84. The van der Waals surface area contributed by atoms with E-state index >= 15 is 0 Å². The first-order valence-corrected chi connectivity index (χ1v) is 6.14. The molecule has 2 aliphatic rings. The lowest BCUT2D eigenvalue weighted by atomic mass is 9.87. The fourth-order valence-electron chi connectivity index (χ4n) is 2.94. The first-order chi connectivity index (χ1) is 8.25. The molecule has 0 radical (unpaired) electrons. The van der Waals surface area contributed by atoms with Gasteiger partial charge in [0.25, 0.3) is 0 Å². The van der Waals surface area contributed by atoms with Crippen molar-refractivity contribution in [1.29, 1.82) is 0 Å². The summed E-state index contributed by atoms with van der Waals surface area (Å²) in [5.41, 5.74) is 2.57. The maximum absolute atomic E-state index is 11.8. The molecule has 0 saturated carbocycles. The number of Topliss-reactive ketones (excluding diaryl/α,β-unsaturated/α-hetero) is 1. The van der Waals surface area contributed by atoms with Crippen molar-refractivity contribution in [1.82, 2.24) is 4.90 Å². The third-order valence-corrected chi connectivity index (χ3v) is 3.73. The topological polar surface area (TPSA) is 37.4 Å². The standard InChI is InChI=1S/C14H15NO2/c16-11-8-14(17)15(9-11)13-7-3-5-10-4-1-2-6-12(10)13/h1-2,4,6,13H,3,5,7-9H2/t13-/m0/s1. The lowest BCUT2D eigenvalue weighted by Crippen LogP contribution is -2.32. The molecule has 3 nitrogen and oxygen atoms in total. The molecule has 3 heteroatoms. The van der Waals surface area contributed by atoms with Crippen LogP contribution in [0.1, 0.15) is 36.4 Å². The summed E-state index contributed by atoms with van der Waals surface area (Å²) >= 11 is 0. The third kappa shape index (κ3) is 1.75. The predicted octanol–water partition coefficient (Wildman–Crippen LogP) is 1.87. The van der Waals surface area contributed by atoms with Gasteiger partial charge in [-0.1, -0.05) is 24.3 Å². The lowest BCUT2D eigenvalue weighted by Gasteiger charge is -2.32. The molecule has 1 heterocycles. The van der Waals surface area contributed by atoms with Gasteiger partial charge in [-0.25, -0.2) is 0 Å². The number of aryl methyl sites for hydroxylation is 1. The fraction of sp³-hybridized carbons (Fsp3) is 0.429. The normalized spacial score (nSPS) is 24.0. The van der Waals surface area contributed by atoms with Gasteiger partial charge < -0.3 is 4.90 Å². The molecule has 1 aliphatic carbocycles. The number of carbonyl (C=O) groups excluding carboxylic acids is 2. The maximum Gasteiger partial charge on any atom is 0.231 e. The second-order valence-electron chi connectivity index (χ2n) is 4.84. The Labute approximate surface area is 100 Å². The highest BCUT2D eigenvalue weighted by Gasteiger charge is 2.35. The van der Waals surface area contributed by atoms with Crippen molar-refractivity contribution < 1.29 is 9.59 Å². The van der Waals surface area contributed by atoms with E-state index in [0.717, 1.165) is 19.3 Å². The van der Waals surface area contributed by atoms with Gasteiger partial charge in [0.2, 0.25) is 5.91 Å². The lowest BCUT2D eigenvalue weighted by molar-refractivity contribution is -0.130. The average Bonchev–Trinajstić information content (AvgIpc) is 2.68. The molecule has 1 fully saturated rings. The summed E-state index contributed by atoms with van der Waals surface area (Å²) in [6.45, 7) is 0.303. The predicted molar refractivity (Wildman–Crippen MR) is 63.5 cm³/mol. The number of hydrogen-bond donors (Lipinski definition) is 0. The molecule has 0 unspecified atom stereocenters. The van der Waals surface area contributed by atoms with Crippen LogP contribution in [-0.2, 0) is 16.0 Å². The molecule has 3 rings (SSSR count). The Hall–Kier alpha value is -1.64. The molecular formula is C14H15NO2. The molecule has 17 heavy (non-hydrogen) atoms. The van der Waals surface area contributed by atoms with E-state index in [0.29, 0.717) is 6.54 Å². The van der Waals surface area contributed by atoms with Gasteiger partial charge in [0.15, 0.2) is 5.78 Å². The van der Waals surface area contributed by atoms with Crippen molar-refractivity contribution in [3.63, 3.8) is 0 Å². The SMILES string of the molecule is O=C1CC(=O)N([C@H]2CCCc3ccccc32)C1. The van der Waals surface area contributed by atoms with E-state index in [2.05, 4.69) is 12.1 Å². The molecule has 88 valence electrons. The minimum atomic E-state index is -0.00305. The zero-order chi connectivity index (χ0) is 11.8. The molecule has 0 bridgehead atoms. The van der Waals surface area contributed by atoms with Gasteiger partial charge in [0, 0.05) is 0 Å². The number of hydrogen-bond acceptors (Lipinski definition) is 2. The van der Waals surface area contributed by atoms with Crippen LogP contribution in [0.3, 0.4) is 0 Å². The van der Waals surface area contributed by atoms with Gasteiger partial charge >= 0.3 is 0 Å². The van der Waals surface area contributed by atoms with Gasteiger partial charge in [-0.15, -0.1) is 0 Å². The van der Waals surface area contributed by atoms with Crippen LogP contribution < -0.4 is 0 Å². The number of rotatable bonds is 1. The zero-order valence-corrected chi connectivity index (χ0v) is 9.69. The van der Waals surface area contributed by atoms with E-state index in [1.165, 1.54) is 11.1 Å². The Kier molecular flexibility index (Phi) is 2.46. The van der Waals surface area contributed by atoms with E-state index in [1.807, 2.05) is 12.1 Å². The third-order valence-electron chi connectivity index (χ3n) is 3.73. The Bertz CT molecular complexity index is 481. The van der Waals surface area contributed by atoms with E-state index in [4.69, 9.17) is 0 Å². The molecular weight excluding hydrogens is 214 g/mol. The molecule has 1 aromatic carbocycles. The van der Waals surface area contributed by atoms with Gasteiger partial charge in [-0.05, 0) is 30.4 Å². The number of nitrogens with zero attached hydrogens (tertiary/aromatic N) is 1. The van der Waals surface area contributed by atoms with Gasteiger partial charge in [0.05, 0.1) is 19.0 Å². The fourth-order valence-corrected chi connectivity index (χ4v) is 2.94. The average molecular weight is 229 g/mol. The summed E-state index contributed by atoms with van der Waals surface area (Å²) in [5.74, 6) is 0.0507. The molecule has 1 amide bonds. The van der Waals surface area contributed by atoms with Crippen LogP contribution in [0.4, 0.5) is 0 Å². The highest BCUT2D eigenvalue weighted by atomic mass is 16.2. The van der Waals surface area contributed by atoms with Crippen molar-refractivity contribution in [3.8, 4) is 0 Å². The van der Waals surface area contributed by atoms with Crippen LogP contribution in [0.15, 0.2) is 24.3 Å². The summed E-state index contributed by atoms with van der Waals surface area (Å²) in [4.78, 5) is 24.9. The first-order valence-electron chi connectivity index (χ1n) is 6.14.